The van der Waals surface area contributed by atoms with Crippen LogP contribution >= 0.6 is 0 Å². The number of aliphatic hydroxyl groups excluding tert-OH is 1. The lowest BCUT2D eigenvalue weighted by atomic mass is 10.0. The van der Waals surface area contributed by atoms with Crippen molar-refractivity contribution in [2.75, 3.05) is 6.54 Å². The highest BCUT2D eigenvalue weighted by Crippen LogP contribution is 2.32. The van der Waals surface area contributed by atoms with Crippen molar-refractivity contribution in [2.45, 2.75) is 31.9 Å². The van der Waals surface area contributed by atoms with E-state index in [9.17, 15) is 9.90 Å². The number of hydrogen-bond donors (Lipinski definition) is 3. The topological polar surface area (TPSA) is 69.6 Å². The molecular formula is C14H19NO3. The van der Waals surface area contributed by atoms with E-state index in [0.717, 1.165) is 24.0 Å². The smallest absolute Gasteiger partial charge is 0.307 e. The van der Waals surface area contributed by atoms with E-state index < -0.39 is 5.97 Å². The number of aliphatic carboxylic acids is 1. The standard InChI is InChI=1S/C14H19NO3/c16-13(10-5-6-10)9-15-8-12-4-2-1-3-11(12)7-14(17)18/h1-4,10,13,15-16H,5-9H2,(H,17,18). The van der Waals surface area contributed by atoms with Crippen molar-refractivity contribution in [3.05, 3.63) is 35.4 Å². The molecule has 0 bridgehead atoms. The van der Waals surface area contributed by atoms with Crippen LogP contribution in [0.5, 0.6) is 0 Å². The summed E-state index contributed by atoms with van der Waals surface area (Å²) < 4.78 is 0. The molecule has 0 spiro atoms. The maximum atomic E-state index is 10.7. The minimum Gasteiger partial charge on any atom is -0.481 e. The zero-order valence-electron chi connectivity index (χ0n) is 10.3. The molecule has 3 N–H and O–H groups in total. The number of nitrogens with one attached hydrogen (secondary N) is 1. The second-order valence-corrected chi connectivity index (χ2v) is 4.87. The first kappa shape index (κ1) is 13.1. The lowest BCUT2D eigenvalue weighted by Crippen LogP contribution is -2.28. The molecule has 18 heavy (non-hydrogen) atoms. The van der Waals surface area contributed by atoms with Gasteiger partial charge in [0.05, 0.1) is 12.5 Å². The zero-order valence-corrected chi connectivity index (χ0v) is 10.3. The maximum Gasteiger partial charge on any atom is 0.307 e. The lowest BCUT2D eigenvalue weighted by Gasteiger charge is -2.12. The number of carboxylic acids is 1. The first-order valence-corrected chi connectivity index (χ1v) is 6.34. The Morgan fingerprint density at radius 1 is 1.33 bits per heavy atom. The van der Waals surface area contributed by atoms with Crippen LogP contribution in [0.25, 0.3) is 0 Å². The summed E-state index contributed by atoms with van der Waals surface area (Å²) in [6.07, 6.45) is 2.02. The molecule has 0 radical (unpaired) electrons. The van der Waals surface area contributed by atoms with Gasteiger partial charge in [0.1, 0.15) is 0 Å². The molecule has 0 heterocycles. The summed E-state index contributed by atoms with van der Waals surface area (Å²) in [7, 11) is 0. The monoisotopic (exact) mass is 249 g/mol. The summed E-state index contributed by atoms with van der Waals surface area (Å²) in [6, 6.07) is 7.51. The molecular weight excluding hydrogens is 230 g/mol. The normalized spacial score (nSPS) is 16.5. The van der Waals surface area contributed by atoms with E-state index in [1.165, 1.54) is 0 Å². The number of aliphatic hydroxyl groups is 1. The average molecular weight is 249 g/mol. The quantitative estimate of drug-likeness (QED) is 0.678. The number of benzene rings is 1. The molecule has 98 valence electrons. The van der Waals surface area contributed by atoms with Crippen molar-refractivity contribution in [1.29, 1.82) is 0 Å². The fraction of sp³-hybridized carbons (Fsp3) is 0.500. The Labute approximate surface area is 107 Å². The van der Waals surface area contributed by atoms with Crippen LogP contribution in [0.15, 0.2) is 24.3 Å². The van der Waals surface area contributed by atoms with Gasteiger partial charge < -0.3 is 15.5 Å². The molecule has 1 aliphatic rings. The molecule has 1 atom stereocenters. The Morgan fingerprint density at radius 2 is 2.00 bits per heavy atom. The van der Waals surface area contributed by atoms with Gasteiger partial charge in [0, 0.05) is 13.1 Å². The van der Waals surface area contributed by atoms with Crippen LogP contribution in [-0.4, -0.2) is 28.8 Å². The molecule has 0 aromatic heterocycles. The number of carbonyl (C=O) groups is 1. The van der Waals surface area contributed by atoms with Crippen LogP contribution < -0.4 is 5.32 Å². The number of hydrogen-bond acceptors (Lipinski definition) is 3. The van der Waals surface area contributed by atoms with E-state index in [1.807, 2.05) is 24.3 Å². The zero-order chi connectivity index (χ0) is 13.0. The summed E-state index contributed by atoms with van der Waals surface area (Å²) in [5.41, 5.74) is 1.82. The molecule has 4 nitrogen and oxygen atoms in total. The molecule has 1 saturated carbocycles. The first-order valence-electron chi connectivity index (χ1n) is 6.34. The van der Waals surface area contributed by atoms with Gasteiger partial charge >= 0.3 is 5.97 Å². The second kappa shape index (κ2) is 5.98. The lowest BCUT2D eigenvalue weighted by molar-refractivity contribution is -0.136. The summed E-state index contributed by atoms with van der Waals surface area (Å²) in [5, 5.41) is 21.7. The third kappa shape index (κ3) is 3.82. The van der Waals surface area contributed by atoms with Gasteiger partial charge in [-0.15, -0.1) is 0 Å². The predicted octanol–water partition coefficient (Wildman–Crippen LogP) is 1.17. The molecule has 1 aromatic carbocycles. The van der Waals surface area contributed by atoms with E-state index in [-0.39, 0.29) is 12.5 Å². The second-order valence-electron chi connectivity index (χ2n) is 4.87. The van der Waals surface area contributed by atoms with Gasteiger partial charge in [0.2, 0.25) is 0 Å². The van der Waals surface area contributed by atoms with Gasteiger partial charge in [-0.2, -0.15) is 0 Å². The van der Waals surface area contributed by atoms with Gasteiger partial charge in [-0.05, 0) is 29.9 Å². The van der Waals surface area contributed by atoms with E-state index in [1.54, 1.807) is 0 Å². The largest absolute Gasteiger partial charge is 0.481 e. The summed E-state index contributed by atoms with van der Waals surface area (Å²) in [4.78, 5) is 10.7. The molecule has 1 unspecified atom stereocenters. The van der Waals surface area contributed by atoms with Gasteiger partial charge in [0.25, 0.3) is 0 Å². The minimum atomic E-state index is -0.819. The maximum absolute atomic E-state index is 10.7. The highest BCUT2D eigenvalue weighted by molar-refractivity contribution is 5.70. The molecule has 2 rings (SSSR count). The predicted molar refractivity (Wildman–Crippen MR) is 68.2 cm³/mol. The molecule has 0 amide bonds. The van der Waals surface area contributed by atoms with Crippen LogP contribution in [0.1, 0.15) is 24.0 Å². The highest BCUT2D eigenvalue weighted by Gasteiger charge is 2.29. The van der Waals surface area contributed by atoms with E-state index in [4.69, 9.17) is 5.11 Å². The van der Waals surface area contributed by atoms with Crippen LogP contribution in [0, 0.1) is 5.92 Å². The molecule has 1 aromatic rings. The Balaban J connectivity index is 1.85. The van der Waals surface area contributed by atoms with E-state index in [2.05, 4.69) is 5.32 Å². The van der Waals surface area contributed by atoms with Crippen LogP contribution in [0.3, 0.4) is 0 Å². The molecule has 0 aliphatic heterocycles. The van der Waals surface area contributed by atoms with Crippen molar-refractivity contribution in [3.63, 3.8) is 0 Å². The summed E-state index contributed by atoms with van der Waals surface area (Å²) >= 11 is 0. The van der Waals surface area contributed by atoms with Crippen molar-refractivity contribution in [1.82, 2.24) is 5.32 Å². The molecule has 1 aliphatic carbocycles. The van der Waals surface area contributed by atoms with Gasteiger partial charge in [-0.25, -0.2) is 0 Å². The summed E-state index contributed by atoms with van der Waals surface area (Å²) in [5.74, 6) is -0.354. The van der Waals surface area contributed by atoms with E-state index >= 15 is 0 Å². The third-order valence-electron chi connectivity index (χ3n) is 3.30. The first-order chi connectivity index (χ1) is 8.66. The van der Waals surface area contributed by atoms with Crippen molar-refractivity contribution in [3.8, 4) is 0 Å². The highest BCUT2D eigenvalue weighted by atomic mass is 16.4. The fourth-order valence-electron chi connectivity index (χ4n) is 2.07. The van der Waals surface area contributed by atoms with Crippen molar-refractivity contribution in [2.24, 2.45) is 5.92 Å². The van der Waals surface area contributed by atoms with Crippen LogP contribution in [0.2, 0.25) is 0 Å². The van der Waals surface area contributed by atoms with Crippen molar-refractivity contribution >= 4 is 5.97 Å². The fourth-order valence-corrected chi connectivity index (χ4v) is 2.07. The van der Waals surface area contributed by atoms with Gasteiger partial charge in [0.15, 0.2) is 0 Å². The summed E-state index contributed by atoms with van der Waals surface area (Å²) in [6.45, 7) is 1.18. The molecule has 4 heteroatoms. The minimum absolute atomic E-state index is 0.0447. The van der Waals surface area contributed by atoms with E-state index in [0.29, 0.717) is 19.0 Å². The van der Waals surface area contributed by atoms with Gasteiger partial charge in [-0.3, -0.25) is 4.79 Å². The SMILES string of the molecule is O=C(O)Cc1ccccc1CNCC(O)C1CC1. The van der Waals surface area contributed by atoms with Crippen LogP contribution in [0.4, 0.5) is 0 Å². The Hall–Kier alpha value is -1.39. The number of carboxylic acid groups (broad SMARTS) is 1. The van der Waals surface area contributed by atoms with Gasteiger partial charge in [-0.1, -0.05) is 24.3 Å². The molecule has 0 saturated heterocycles. The van der Waals surface area contributed by atoms with Crippen LogP contribution in [-0.2, 0) is 17.8 Å². The number of rotatable bonds is 7. The average Bonchev–Trinajstić information content (AvgIpc) is 3.14. The third-order valence-corrected chi connectivity index (χ3v) is 3.30. The Bertz CT molecular complexity index is 415. The Kier molecular flexibility index (Phi) is 4.33. The molecule has 1 fully saturated rings. The Morgan fingerprint density at radius 3 is 2.61 bits per heavy atom. The van der Waals surface area contributed by atoms with Crippen molar-refractivity contribution < 1.29 is 15.0 Å².